The van der Waals surface area contributed by atoms with Gasteiger partial charge in [-0.25, -0.2) is 4.98 Å². The molecule has 3 heteroatoms. The Labute approximate surface area is 115 Å². The molecule has 0 spiro atoms. The molecule has 0 saturated heterocycles. The first-order chi connectivity index (χ1) is 8.45. The Bertz CT molecular complexity index is 383. The number of nitrogens with one attached hydrogen (secondary N) is 1. The van der Waals surface area contributed by atoms with Crippen LogP contribution in [0.25, 0.3) is 0 Å². The van der Waals surface area contributed by atoms with E-state index in [0.717, 1.165) is 13.0 Å². The summed E-state index contributed by atoms with van der Waals surface area (Å²) in [7, 11) is 2.07. The van der Waals surface area contributed by atoms with Crippen molar-refractivity contribution in [1.82, 2.24) is 10.3 Å². The second-order valence-corrected chi connectivity index (χ2v) is 7.73. The number of hydrogen-bond acceptors (Lipinski definition) is 3. The van der Waals surface area contributed by atoms with Crippen LogP contribution in [-0.2, 0) is 11.8 Å². The van der Waals surface area contributed by atoms with Gasteiger partial charge in [0.05, 0.1) is 10.7 Å². The highest BCUT2D eigenvalue weighted by Gasteiger charge is 2.34. The second kappa shape index (κ2) is 5.30. The van der Waals surface area contributed by atoms with Gasteiger partial charge in [0, 0.05) is 23.8 Å². The molecular weight excluding hydrogens is 240 g/mol. The smallest absolute Gasteiger partial charge is 0.0934 e. The molecule has 1 aliphatic carbocycles. The molecule has 0 radical (unpaired) electrons. The Kier molecular flexibility index (Phi) is 4.12. The summed E-state index contributed by atoms with van der Waals surface area (Å²) in [6.07, 6.45) is 6.66. The summed E-state index contributed by atoms with van der Waals surface area (Å²) in [5, 5.41) is 6.96. The Hall–Kier alpha value is -0.410. The average Bonchev–Trinajstić information content (AvgIpc) is 2.88. The third kappa shape index (κ3) is 3.12. The van der Waals surface area contributed by atoms with Crippen LogP contribution in [0.3, 0.4) is 0 Å². The molecule has 0 amide bonds. The van der Waals surface area contributed by atoms with Crippen molar-refractivity contribution in [2.75, 3.05) is 13.6 Å². The van der Waals surface area contributed by atoms with Gasteiger partial charge in [0.25, 0.3) is 0 Å². The van der Waals surface area contributed by atoms with Crippen LogP contribution < -0.4 is 5.32 Å². The average molecular weight is 266 g/mol. The molecule has 0 bridgehead atoms. The number of aromatic nitrogens is 1. The van der Waals surface area contributed by atoms with E-state index < -0.39 is 0 Å². The first-order valence-electron chi connectivity index (χ1n) is 7.05. The minimum atomic E-state index is 0.181. The third-order valence-electron chi connectivity index (χ3n) is 4.06. The maximum absolute atomic E-state index is 4.86. The normalized spacial score (nSPS) is 19.3. The van der Waals surface area contributed by atoms with Crippen LogP contribution in [0.4, 0.5) is 0 Å². The Morgan fingerprint density at radius 2 is 2.00 bits per heavy atom. The van der Waals surface area contributed by atoms with E-state index in [1.54, 1.807) is 0 Å². The number of thiazole rings is 1. The van der Waals surface area contributed by atoms with Crippen molar-refractivity contribution in [3.8, 4) is 0 Å². The lowest BCUT2D eigenvalue weighted by atomic mass is 9.83. The van der Waals surface area contributed by atoms with Gasteiger partial charge in [0.15, 0.2) is 0 Å². The SMILES string of the molecule is CNCC1(Cc2nc(C(C)(C)C)cs2)CCCC1. The van der Waals surface area contributed by atoms with Crippen LogP contribution in [0.5, 0.6) is 0 Å². The predicted molar refractivity (Wildman–Crippen MR) is 79.3 cm³/mol. The molecule has 0 aromatic carbocycles. The fourth-order valence-corrected chi connectivity index (χ4v) is 4.17. The van der Waals surface area contributed by atoms with Gasteiger partial charge in [0.2, 0.25) is 0 Å². The Morgan fingerprint density at radius 3 is 2.50 bits per heavy atom. The summed E-state index contributed by atoms with van der Waals surface area (Å²) in [6, 6.07) is 0. The minimum Gasteiger partial charge on any atom is -0.319 e. The molecule has 1 fully saturated rings. The van der Waals surface area contributed by atoms with E-state index in [1.165, 1.54) is 36.4 Å². The van der Waals surface area contributed by atoms with Crippen LogP contribution in [0.1, 0.15) is 57.2 Å². The zero-order valence-corrected chi connectivity index (χ0v) is 13.0. The molecule has 2 nitrogen and oxygen atoms in total. The van der Waals surface area contributed by atoms with Crippen LogP contribution in [0, 0.1) is 5.41 Å². The van der Waals surface area contributed by atoms with Crippen LogP contribution >= 0.6 is 11.3 Å². The topological polar surface area (TPSA) is 24.9 Å². The highest BCUT2D eigenvalue weighted by atomic mass is 32.1. The van der Waals surface area contributed by atoms with Crippen molar-refractivity contribution in [3.63, 3.8) is 0 Å². The van der Waals surface area contributed by atoms with E-state index in [0.29, 0.717) is 5.41 Å². The Balaban J connectivity index is 2.10. The minimum absolute atomic E-state index is 0.181. The predicted octanol–water partition coefficient (Wildman–Crippen LogP) is 3.76. The third-order valence-corrected chi connectivity index (χ3v) is 4.91. The number of nitrogens with zero attached hydrogens (tertiary/aromatic N) is 1. The van der Waals surface area contributed by atoms with Gasteiger partial charge in [-0.3, -0.25) is 0 Å². The summed E-state index contributed by atoms with van der Waals surface area (Å²) in [5.74, 6) is 0. The lowest BCUT2D eigenvalue weighted by Crippen LogP contribution is -2.32. The van der Waals surface area contributed by atoms with E-state index in [-0.39, 0.29) is 5.41 Å². The van der Waals surface area contributed by atoms with Crippen LogP contribution in [-0.4, -0.2) is 18.6 Å². The molecule has 1 N–H and O–H groups in total. The highest BCUT2D eigenvalue weighted by Crippen LogP contribution is 2.41. The van der Waals surface area contributed by atoms with Crippen molar-refractivity contribution < 1.29 is 0 Å². The van der Waals surface area contributed by atoms with E-state index in [9.17, 15) is 0 Å². The van der Waals surface area contributed by atoms with Crippen molar-refractivity contribution in [2.24, 2.45) is 5.41 Å². The lowest BCUT2D eigenvalue weighted by molar-refractivity contribution is 0.285. The van der Waals surface area contributed by atoms with Crippen molar-refractivity contribution in [1.29, 1.82) is 0 Å². The zero-order valence-electron chi connectivity index (χ0n) is 12.2. The number of rotatable bonds is 4. The van der Waals surface area contributed by atoms with Crippen molar-refractivity contribution in [2.45, 2.75) is 58.3 Å². The molecule has 1 aromatic rings. The quantitative estimate of drug-likeness (QED) is 0.897. The van der Waals surface area contributed by atoms with Gasteiger partial charge < -0.3 is 5.32 Å². The fraction of sp³-hybridized carbons (Fsp3) is 0.800. The first-order valence-corrected chi connectivity index (χ1v) is 7.93. The van der Waals surface area contributed by atoms with Gasteiger partial charge in [-0.05, 0) is 25.3 Å². The molecule has 1 aromatic heterocycles. The molecule has 1 aliphatic rings. The van der Waals surface area contributed by atoms with Gasteiger partial charge in [-0.1, -0.05) is 33.6 Å². The molecule has 1 heterocycles. The van der Waals surface area contributed by atoms with E-state index in [1.807, 2.05) is 11.3 Å². The molecule has 0 aliphatic heterocycles. The van der Waals surface area contributed by atoms with Gasteiger partial charge in [0.1, 0.15) is 0 Å². The first kappa shape index (κ1) is 14.0. The summed E-state index contributed by atoms with van der Waals surface area (Å²) >= 11 is 1.85. The van der Waals surface area contributed by atoms with Crippen LogP contribution in [0.15, 0.2) is 5.38 Å². The molecule has 2 rings (SSSR count). The van der Waals surface area contributed by atoms with Gasteiger partial charge in [-0.2, -0.15) is 0 Å². The molecule has 102 valence electrons. The lowest BCUT2D eigenvalue weighted by Gasteiger charge is -2.27. The number of hydrogen-bond donors (Lipinski definition) is 1. The highest BCUT2D eigenvalue weighted by molar-refractivity contribution is 7.09. The maximum atomic E-state index is 4.86. The standard InChI is InChI=1S/C15H26N2S/c1-14(2,3)12-10-18-13(17-12)9-15(11-16-4)7-5-6-8-15/h10,16H,5-9,11H2,1-4H3. The summed E-state index contributed by atoms with van der Waals surface area (Å²) < 4.78 is 0. The van der Waals surface area contributed by atoms with E-state index in [4.69, 9.17) is 4.98 Å². The van der Waals surface area contributed by atoms with Gasteiger partial charge in [-0.15, -0.1) is 11.3 Å². The molecule has 0 unspecified atom stereocenters. The Morgan fingerprint density at radius 1 is 1.33 bits per heavy atom. The zero-order chi connectivity index (χ0) is 13.2. The molecule has 0 atom stereocenters. The van der Waals surface area contributed by atoms with Crippen molar-refractivity contribution in [3.05, 3.63) is 16.1 Å². The summed E-state index contributed by atoms with van der Waals surface area (Å²) in [5.41, 5.74) is 1.91. The van der Waals surface area contributed by atoms with Crippen molar-refractivity contribution >= 4 is 11.3 Å². The molecular formula is C15H26N2S. The summed E-state index contributed by atoms with van der Waals surface area (Å²) in [4.78, 5) is 4.86. The fourth-order valence-electron chi connectivity index (χ4n) is 2.97. The second-order valence-electron chi connectivity index (χ2n) is 6.79. The summed E-state index contributed by atoms with van der Waals surface area (Å²) in [6.45, 7) is 7.86. The van der Waals surface area contributed by atoms with Crippen LogP contribution in [0.2, 0.25) is 0 Å². The van der Waals surface area contributed by atoms with Gasteiger partial charge >= 0.3 is 0 Å². The monoisotopic (exact) mass is 266 g/mol. The maximum Gasteiger partial charge on any atom is 0.0934 e. The molecule has 18 heavy (non-hydrogen) atoms. The molecule has 1 saturated carbocycles. The van der Waals surface area contributed by atoms with E-state index >= 15 is 0 Å². The largest absolute Gasteiger partial charge is 0.319 e. The van der Waals surface area contributed by atoms with E-state index in [2.05, 4.69) is 38.5 Å².